The molecule has 0 atom stereocenters. The predicted molar refractivity (Wildman–Crippen MR) is 104 cm³/mol. The summed E-state index contributed by atoms with van der Waals surface area (Å²) in [6, 6.07) is 7.73. The molecule has 0 aliphatic carbocycles. The fraction of sp³-hybridized carbons (Fsp3) is 0.125. The van der Waals surface area contributed by atoms with E-state index in [1.165, 1.54) is 44.7 Å². The van der Waals surface area contributed by atoms with E-state index in [1.807, 2.05) is 6.07 Å². The lowest BCUT2D eigenvalue weighted by Crippen LogP contribution is -2.15. The number of hydrogen-bond donors (Lipinski definition) is 3. The lowest BCUT2D eigenvalue weighted by Gasteiger charge is -2.12. The third kappa shape index (κ3) is 4.42. The lowest BCUT2D eigenvalue weighted by atomic mass is 10.3. The van der Waals surface area contributed by atoms with Crippen LogP contribution in [0, 0.1) is 11.3 Å². The molecule has 3 rings (SSSR count). The maximum Gasteiger partial charge on any atom is 0.263 e. The standard InChI is InChI=1S/C16H15N9O4S/c1-28-13-15(19-9-20-16(13)29-2)23-30(26,27)12-5-3-11(4-6-12)18-8-10(7-17)14-21-24-25-22-14/h3-6,8-9,18H,1-2H3,(H,19,20,23)(H,21,22,24,25). The SMILES string of the molecule is COc1ncnc(NS(=O)(=O)c2ccc(NC=C(C#N)c3nn[nH]n3)cc2)c1OC. The number of aromatic amines is 1. The van der Waals surface area contributed by atoms with Crippen LogP contribution >= 0.6 is 0 Å². The van der Waals surface area contributed by atoms with Gasteiger partial charge in [-0.15, -0.1) is 10.2 Å². The molecule has 2 aromatic heterocycles. The molecule has 0 aliphatic rings. The summed E-state index contributed by atoms with van der Waals surface area (Å²) in [7, 11) is -1.24. The smallest absolute Gasteiger partial charge is 0.263 e. The third-order valence-corrected chi connectivity index (χ3v) is 5.01. The Labute approximate surface area is 170 Å². The average Bonchev–Trinajstić information content (AvgIpc) is 3.29. The van der Waals surface area contributed by atoms with Crippen LogP contribution in [-0.2, 0) is 10.0 Å². The van der Waals surface area contributed by atoms with Gasteiger partial charge in [0.25, 0.3) is 15.9 Å². The van der Waals surface area contributed by atoms with Gasteiger partial charge >= 0.3 is 0 Å². The first-order chi connectivity index (χ1) is 14.5. The Morgan fingerprint density at radius 3 is 2.57 bits per heavy atom. The second-order valence-corrected chi connectivity index (χ2v) is 7.13. The number of nitriles is 1. The predicted octanol–water partition coefficient (Wildman–Crippen LogP) is 0.784. The number of aromatic nitrogens is 6. The number of anilines is 2. The van der Waals surface area contributed by atoms with E-state index in [-0.39, 0.29) is 33.7 Å². The summed E-state index contributed by atoms with van der Waals surface area (Å²) in [5, 5.41) is 25.1. The minimum absolute atomic E-state index is 0.0182. The molecule has 0 radical (unpaired) electrons. The van der Waals surface area contributed by atoms with Crippen LogP contribution < -0.4 is 19.5 Å². The Kier molecular flexibility index (Phi) is 6.03. The van der Waals surface area contributed by atoms with E-state index in [0.29, 0.717) is 5.69 Å². The van der Waals surface area contributed by atoms with E-state index in [4.69, 9.17) is 14.7 Å². The maximum absolute atomic E-state index is 12.7. The van der Waals surface area contributed by atoms with Crippen molar-refractivity contribution in [3.8, 4) is 17.7 Å². The summed E-state index contributed by atoms with van der Waals surface area (Å²) in [6.45, 7) is 0. The van der Waals surface area contributed by atoms with Crippen LogP contribution in [0.3, 0.4) is 0 Å². The van der Waals surface area contributed by atoms with Crippen LogP contribution in [-0.4, -0.2) is 53.2 Å². The average molecular weight is 429 g/mol. The van der Waals surface area contributed by atoms with Gasteiger partial charge in [0, 0.05) is 11.9 Å². The Bertz CT molecular complexity index is 1190. The van der Waals surface area contributed by atoms with Gasteiger partial charge in [0.1, 0.15) is 18.0 Å². The normalized spacial score (nSPS) is 11.4. The summed E-state index contributed by atoms with van der Waals surface area (Å²) in [5.74, 6) is 0.208. The molecule has 0 aliphatic heterocycles. The van der Waals surface area contributed by atoms with E-state index in [2.05, 4.69) is 40.6 Å². The van der Waals surface area contributed by atoms with E-state index >= 15 is 0 Å². The number of tetrazole rings is 1. The van der Waals surface area contributed by atoms with Crippen molar-refractivity contribution >= 4 is 27.1 Å². The summed E-state index contributed by atoms with van der Waals surface area (Å²) in [4.78, 5) is 7.73. The molecule has 1 aromatic carbocycles. The van der Waals surface area contributed by atoms with Crippen molar-refractivity contribution in [3.05, 3.63) is 42.6 Å². The van der Waals surface area contributed by atoms with Gasteiger partial charge in [-0.05, 0) is 29.5 Å². The first kappa shape index (κ1) is 20.5. The number of sulfonamides is 1. The topological polar surface area (TPSA) is 181 Å². The van der Waals surface area contributed by atoms with Gasteiger partial charge in [-0.1, -0.05) is 0 Å². The van der Waals surface area contributed by atoms with E-state index in [1.54, 1.807) is 0 Å². The number of ether oxygens (including phenoxy) is 2. The molecule has 154 valence electrons. The van der Waals surface area contributed by atoms with E-state index in [0.717, 1.165) is 6.33 Å². The molecule has 14 heteroatoms. The van der Waals surface area contributed by atoms with Crippen LogP contribution in [0.25, 0.3) is 5.57 Å². The number of hydrogen-bond acceptors (Lipinski definition) is 11. The van der Waals surface area contributed by atoms with Crippen molar-refractivity contribution in [1.82, 2.24) is 30.6 Å². The lowest BCUT2D eigenvalue weighted by molar-refractivity contribution is 0.342. The van der Waals surface area contributed by atoms with Crippen LogP contribution in [0.4, 0.5) is 11.5 Å². The number of H-pyrrole nitrogens is 1. The van der Waals surface area contributed by atoms with Gasteiger partial charge in [0.15, 0.2) is 5.82 Å². The summed E-state index contributed by atoms with van der Waals surface area (Å²) >= 11 is 0. The fourth-order valence-corrected chi connectivity index (χ4v) is 3.27. The Morgan fingerprint density at radius 1 is 1.20 bits per heavy atom. The van der Waals surface area contributed by atoms with Gasteiger partial charge < -0.3 is 14.8 Å². The van der Waals surface area contributed by atoms with Crippen LogP contribution in [0.15, 0.2) is 41.7 Å². The minimum Gasteiger partial charge on any atom is -0.489 e. The molecular formula is C16H15N9O4S. The zero-order valence-corrected chi connectivity index (χ0v) is 16.5. The summed E-state index contributed by atoms with van der Waals surface area (Å²) < 4.78 is 37.9. The van der Waals surface area contributed by atoms with Gasteiger partial charge in [-0.2, -0.15) is 15.5 Å². The van der Waals surface area contributed by atoms with Crippen molar-refractivity contribution in [1.29, 1.82) is 5.26 Å². The summed E-state index contributed by atoms with van der Waals surface area (Å²) in [6.07, 6.45) is 2.53. The Balaban J connectivity index is 1.78. The number of benzene rings is 1. The monoisotopic (exact) mass is 429 g/mol. The molecule has 13 nitrogen and oxygen atoms in total. The number of nitrogens with one attached hydrogen (secondary N) is 3. The second kappa shape index (κ2) is 8.84. The number of allylic oxidation sites excluding steroid dienone is 1. The molecule has 0 spiro atoms. The van der Waals surface area contributed by atoms with Gasteiger partial charge in [-0.25, -0.2) is 13.4 Å². The van der Waals surface area contributed by atoms with Crippen LogP contribution in [0.2, 0.25) is 0 Å². The van der Waals surface area contributed by atoms with Crippen molar-refractivity contribution in [2.75, 3.05) is 24.3 Å². The highest BCUT2D eigenvalue weighted by Crippen LogP contribution is 2.32. The molecule has 0 bridgehead atoms. The molecule has 3 N–H and O–H groups in total. The Morgan fingerprint density at radius 2 is 1.97 bits per heavy atom. The van der Waals surface area contributed by atoms with Crippen molar-refractivity contribution < 1.29 is 17.9 Å². The first-order valence-electron chi connectivity index (χ1n) is 8.15. The molecular weight excluding hydrogens is 414 g/mol. The van der Waals surface area contributed by atoms with Crippen molar-refractivity contribution in [3.63, 3.8) is 0 Å². The zero-order chi connectivity index (χ0) is 21.6. The molecule has 0 amide bonds. The Hall–Kier alpha value is -4.25. The fourth-order valence-electron chi connectivity index (χ4n) is 2.25. The maximum atomic E-state index is 12.7. The van der Waals surface area contributed by atoms with Crippen LogP contribution in [0.5, 0.6) is 11.6 Å². The van der Waals surface area contributed by atoms with Gasteiger partial charge in [0.05, 0.1) is 19.1 Å². The molecule has 0 saturated carbocycles. The van der Waals surface area contributed by atoms with Gasteiger partial charge in [0.2, 0.25) is 11.6 Å². The number of nitrogens with zero attached hydrogens (tertiary/aromatic N) is 6. The highest BCUT2D eigenvalue weighted by molar-refractivity contribution is 7.92. The van der Waals surface area contributed by atoms with Crippen molar-refractivity contribution in [2.24, 2.45) is 0 Å². The molecule has 2 heterocycles. The third-order valence-electron chi connectivity index (χ3n) is 3.65. The molecule has 30 heavy (non-hydrogen) atoms. The van der Waals surface area contributed by atoms with E-state index < -0.39 is 10.0 Å². The molecule has 0 unspecified atom stereocenters. The van der Waals surface area contributed by atoms with Gasteiger partial charge in [-0.3, -0.25) is 4.72 Å². The first-order valence-corrected chi connectivity index (χ1v) is 9.63. The number of rotatable bonds is 8. The summed E-state index contributed by atoms with van der Waals surface area (Å²) in [5.41, 5.74) is 0.679. The molecule has 0 fully saturated rings. The highest BCUT2D eigenvalue weighted by Gasteiger charge is 2.20. The largest absolute Gasteiger partial charge is 0.489 e. The second-order valence-electron chi connectivity index (χ2n) is 5.44. The molecule has 0 saturated heterocycles. The minimum atomic E-state index is -3.96. The number of methoxy groups -OCH3 is 2. The quantitative estimate of drug-likeness (QED) is 0.430. The van der Waals surface area contributed by atoms with E-state index in [9.17, 15) is 8.42 Å². The zero-order valence-electron chi connectivity index (χ0n) is 15.7. The highest BCUT2D eigenvalue weighted by atomic mass is 32.2. The molecule has 3 aromatic rings. The van der Waals surface area contributed by atoms with Crippen molar-refractivity contribution in [2.45, 2.75) is 4.90 Å². The van der Waals surface area contributed by atoms with Crippen LogP contribution in [0.1, 0.15) is 5.82 Å².